The molecule has 0 aromatic heterocycles. The number of allylic oxidation sites excluding steroid dienone is 1. The molecule has 0 radical (unpaired) electrons. The van der Waals surface area contributed by atoms with Gasteiger partial charge in [0.25, 0.3) is 0 Å². The molecule has 0 unspecified atom stereocenters. The molecule has 0 heterocycles. The van der Waals surface area contributed by atoms with Crippen LogP contribution in [0, 0.1) is 18.6 Å². The number of aliphatic imine (C=N–C) groups is 1. The molecule has 0 aliphatic rings. The molecule has 1 N–H and O–H groups in total. The minimum Gasteiger partial charge on any atom is -0.381 e. The standard InChI is InChI=1S/C19H20F2N2S.C6H14O.C2H6.CH2O/c1-13-7-8-15(10-18(13)21)9-14(2)23-19(22-3)12-24-17-6-4-5-16(20)11-17;1-3-5-7-6-4-2;2*1-2/h4-11H,12H2,1-3H3,(H,22,23);3-6H2,1-2H3;1-2H3;1H2/b14-9-;;;. The van der Waals surface area contributed by atoms with Crippen LogP contribution in [0.4, 0.5) is 8.78 Å². The van der Waals surface area contributed by atoms with Crippen molar-refractivity contribution in [2.24, 2.45) is 4.99 Å². The number of rotatable bonds is 9. The van der Waals surface area contributed by atoms with Crippen LogP contribution in [0.25, 0.3) is 6.08 Å². The van der Waals surface area contributed by atoms with Gasteiger partial charge in [-0.1, -0.05) is 45.9 Å². The largest absolute Gasteiger partial charge is 0.381 e. The summed E-state index contributed by atoms with van der Waals surface area (Å²) in [6, 6.07) is 11.6. The van der Waals surface area contributed by atoms with E-state index in [1.165, 1.54) is 30.0 Å². The molecule has 0 saturated carbocycles. The van der Waals surface area contributed by atoms with Crippen molar-refractivity contribution in [1.82, 2.24) is 5.32 Å². The van der Waals surface area contributed by atoms with Gasteiger partial charge in [-0.15, -0.1) is 11.8 Å². The Hall–Kier alpha value is -2.51. The van der Waals surface area contributed by atoms with Crippen LogP contribution in [0.5, 0.6) is 0 Å². The molecule has 2 rings (SSSR count). The van der Waals surface area contributed by atoms with Gasteiger partial charge in [0, 0.05) is 30.9 Å². The number of hydrogen-bond donors (Lipinski definition) is 1. The van der Waals surface area contributed by atoms with Gasteiger partial charge in [0.05, 0.1) is 5.75 Å². The lowest BCUT2D eigenvalue weighted by Gasteiger charge is -2.10. The number of benzene rings is 2. The molecule has 0 atom stereocenters. The molecular formula is C28H42F2N2O2S. The molecule has 0 saturated heterocycles. The molecule has 0 bridgehead atoms. The predicted molar refractivity (Wildman–Crippen MR) is 148 cm³/mol. The number of aryl methyl sites for hydroxylation is 1. The zero-order valence-electron chi connectivity index (χ0n) is 22.3. The van der Waals surface area contributed by atoms with E-state index in [0.29, 0.717) is 11.3 Å². The number of thioether (sulfide) groups is 1. The van der Waals surface area contributed by atoms with Gasteiger partial charge in [-0.25, -0.2) is 8.78 Å². The average Bonchev–Trinajstić information content (AvgIpc) is 2.87. The number of ether oxygens (including phenoxy) is 1. The van der Waals surface area contributed by atoms with Gasteiger partial charge >= 0.3 is 0 Å². The Morgan fingerprint density at radius 2 is 1.71 bits per heavy atom. The third-order valence-electron chi connectivity index (χ3n) is 4.06. The van der Waals surface area contributed by atoms with E-state index in [4.69, 9.17) is 9.53 Å². The number of halogens is 2. The van der Waals surface area contributed by atoms with Crippen LogP contribution in [0.2, 0.25) is 0 Å². The van der Waals surface area contributed by atoms with E-state index < -0.39 is 0 Å². The van der Waals surface area contributed by atoms with E-state index in [-0.39, 0.29) is 11.6 Å². The smallest absolute Gasteiger partial charge is 0.126 e. The summed E-state index contributed by atoms with van der Waals surface area (Å²) in [4.78, 5) is 13.1. The van der Waals surface area contributed by atoms with Gasteiger partial charge in [-0.2, -0.15) is 0 Å². The van der Waals surface area contributed by atoms with Gasteiger partial charge in [0.15, 0.2) is 0 Å². The van der Waals surface area contributed by atoms with Crippen LogP contribution < -0.4 is 5.32 Å². The Kier molecular flexibility index (Phi) is 23.0. The highest BCUT2D eigenvalue weighted by atomic mass is 32.2. The summed E-state index contributed by atoms with van der Waals surface area (Å²) in [6.45, 7) is 15.7. The van der Waals surface area contributed by atoms with E-state index in [9.17, 15) is 8.78 Å². The van der Waals surface area contributed by atoms with Crippen molar-refractivity contribution >= 4 is 30.5 Å². The topological polar surface area (TPSA) is 50.7 Å². The second-order valence-electron chi connectivity index (χ2n) is 6.99. The fraction of sp³-hybridized carbons (Fsp3) is 0.429. The van der Waals surface area contributed by atoms with Crippen LogP contribution >= 0.6 is 11.8 Å². The third kappa shape index (κ3) is 17.6. The number of carbonyl (C=O) groups is 1. The molecular weight excluding hydrogens is 466 g/mol. The first-order valence-electron chi connectivity index (χ1n) is 11.8. The van der Waals surface area contributed by atoms with E-state index >= 15 is 0 Å². The molecule has 0 amide bonds. The fourth-order valence-electron chi connectivity index (χ4n) is 2.47. The van der Waals surface area contributed by atoms with Crippen molar-refractivity contribution < 1.29 is 18.3 Å². The highest BCUT2D eigenvalue weighted by Gasteiger charge is 2.03. The number of amidine groups is 1. The van der Waals surface area contributed by atoms with Crippen molar-refractivity contribution in [3.63, 3.8) is 0 Å². The monoisotopic (exact) mass is 508 g/mol. The third-order valence-corrected chi connectivity index (χ3v) is 5.06. The number of carbonyl (C=O) groups excluding carboxylic acids is 1. The summed E-state index contributed by atoms with van der Waals surface area (Å²) in [6.07, 6.45) is 4.14. The quantitative estimate of drug-likeness (QED) is 0.163. The number of nitrogens with zero attached hydrogens (tertiary/aromatic N) is 1. The normalized spacial score (nSPS) is 10.7. The van der Waals surface area contributed by atoms with E-state index in [2.05, 4.69) is 24.2 Å². The molecule has 4 nitrogen and oxygen atoms in total. The minimum atomic E-state index is -0.250. The summed E-state index contributed by atoms with van der Waals surface area (Å²) in [5, 5.41) is 3.21. The second kappa shape index (κ2) is 23.2. The fourth-order valence-corrected chi connectivity index (χ4v) is 3.34. The lowest BCUT2D eigenvalue weighted by Crippen LogP contribution is -2.23. The zero-order chi connectivity index (χ0) is 27.1. The molecule has 2 aromatic rings. The van der Waals surface area contributed by atoms with Crippen LogP contribution in [-0.4, -0.2) is 38.6 Å². The summed E-state index contributed by atoms with van der Waals surface area (Å²) in [5.74, 6) is 0.890. The van der Waals surface area contributed by atoms with E-state index in [1.54, 1.807) is 26.1 Å². The second-order valence-corrected chi connectivity index (χ2v) is 8.04. The number of hydrogen-bond acceptors (Lipinski definition) is 4. The van der Waals surface area contributed by atoms with Crippen molar-refractivity contribution in [2.75, 3.05) is 26.0 Å². The van der Waals surface area contributed by atoms with Crippen LogP contribution in [0.15, 0.2) is 58.0 Å². The van der Waals surface area contributed by atoms with Crippen molar-refractivity contribution in [3.8, 4) is 0 Å². The van der Waals surface area contributed by atoms with Gasteiger partial charge in [-0.05, 0) is 68.2 Å². The van der Waals surface area contributed by atoms with Crippen LogP contribution in [0.3, 0.4) is 0 Å². The first kappa shape index (κ1) is 34.7. The summed E-state index contributed by atoms with van der Waals surface area (Å²) < 4.78 is 31.9. The van der Waals surface area contributed by atoms with Crippen molar-refractivity contribution in [1.29, 1.82) is 0 Å². The van der Waals surface area contributed by atoms with E-state index in [0.717, 1.165) is 48.0 Å². The first-order valence-corrected chi connectivity index (χ1v) is 12.8. The average molecular weight is 509 g/mol. The Morgan fingerprint density at radius 3 is 2.23 bits per heavy atom. The van der Waals surface area contributed by atoms with Crippen molar-refractivity contribution in [2.45, 2.75) is 59.3 Å². The highest BCUT2D eigenvalue weighted by Crippen LogP contribution is 2.19. The van der Waals surface area contributed by atoms with Crippen LogP contribution in [-0.2, 0) is 9.53 Å². The summed E-state index contributed by atoms with van der Waals surface area (Å²) in [7, 11) is 1.70. The maximum Gasteiger partial charge on any atom is 0.126 e. The van der Waals surface area contributed by atoms with Gasteiger partial charge in [0.2, 0.25) is 0 Å². The molecule has 35 heavy (non-hydrogen) atoms. The SMILES string of the molecule is C=O.CC.CCCOCCC.CN=C(CSc1cccc(F)c1)N/C(C)=C\c1ccc(C)c(F)c1. The molecule has 196 valence electrons. The highest BCUT2D eigenvalue weighted by molar-refractivity contribution is 8.00. The Balaban J connectivity index is 0. The minimum absolute atomic E-state index is 0.220. The Bertz CT molecular complexity index is 870. The molecule has 0 fully saturated rings. The van der Waals surface area contributed by atoms with Crippen LogP contribution in [0.1, 0.15) is 58.6 Å². The van der Waals surface area contributed by atoms with Gasteiger partial charge in [-0.3, -0.25) is 4.99 Å². The maximum atomic E-state index is 13.6. The molecule has 0 aliphatic heterocycles. The molecule has 7 heteroatoms. The Morgan fingerprint density at radius 1 is 1.09 bits per heavy atom. The first-order chi connectivity index (χ1) is 16.9. The summed E-state index contributed by atoms with van der Waals surface area (Å²) in [5.41, 5.74) is 2.27. The van der Waals surface area contributed by atoms with Gasteiger partial charge in [0.1, 0.15) is 24.3 Å². The van der Waals surface area contributed by atoms with E-state index in [1.807, 2.05) is 45.8 Å². The number of nitrogens with one attached hydrogen (secondary N) is 1. The van der Waals surface area contributed by atoms with Crippen molar-refractivity contribution in [3.05, 3.63) is 70.9 Å². The molecule has 0 aliphatic carbocycles. The Labute approximate surface area is 215 Å². The van der Waals surface area contributed by atoms with Gasteiger partial charge < -0.3 is 14.8 Å². The predicted octanol–water partition coefficient (Wildman–Crippen LogP) is 7.71. The molecule has 2 aromatic carbocycles. The lowest BCUT2D eigenvalue weighted by molar-refractivity contribution is -0.0980. The summed E-state index contributed by atoms with van der Waals surface area (Å²) >= 11 is 1.50. The maximum absolute atomic E-state index is 13.6. The molecule has 0 spiro atoms. The zero-order valence-corrected chi connectivity index (χ0v) is 23.1. The lowest BCUT2D eigenvalue weighted by atomic mass is 10.1.